The maximum Gasteiger partial charge on any atom is 0.327 e. The molecular weight excluding hydrogens is 290 g/mol. The lowest BCUT2D eigenvalue weighted by molar-refractivity contribution is -0.140. The second-order valence-electron chi connectivity index (χ2n) is 4.94. The SMILES string of the molecule is CC(=O)NC(CSCC1OCCc2ccccc21)C(=O)O. The number of nitrogens with one attached hydrogen (secondary N) is 1. The molecule has 114 valence electrons. The first-order valence-electron chi connectivity index (χ1n) is 6.85. The van der Waals surface area contributed by atoms with Crippen molar-refractivity contribution in [2.45, 2.75) is 25.5 Å². The first kappa shape index (κ1) is 15.9. The van der Waals surface area contributed by atoms with Gasteiger partial charge in [0.25, 0.3) is 0 Å². The van der Waals surface area contributed by atoms with Gasteiger partial charge in [-0.3, -0.25) is 4.79 Å². The van der Waals surface area contributed by atoms with Crippen molar-refractivity contribution < 1.29 is 19.4 Å². The summed E-state index contributed by atoms with van der Waals surface area (Å²) in [4.78, 5) is 22.0. The Morgan fingerprint density at radius 3 is 2.95 bits per heavy atom. The molecule has 1 aromatic carbocycles. The second-order valence-corrected chi connectivity index (χ2v) is 6.01. The van der Waals surface area contributed by atoms with Gasteiger partial charge in [-0.1, -0.05) is 24.3 Å². The molecule has 2 N–H and O–H groups in total. The number of carboxylic acid groups (broad SMARTS) is 1. The molecule has 1 aromatic rings. The van der Waals surface area contributed by atoms with E-state index in [1.54, 1.807) is 0 Å². The maximum absolute atomic E-state index is 11.1. The van der Waals surface area contributed by atoms with Gasteiger partial charge in [-0.2, -0.15) is 11.8 Å². The van der Waals surface area contributed by atoms with Crippen LogP contribution in [0.15, 0.2) is 24.3 Å². The Hall–Kier alpha value is -1.53. The van der Waals surface area contributed by atoms with Crippen molar-refractivity contribution in [1.82, 2.24) is 5.32 Å². The molecule has 0 fully saturated rings. The fraction of sp³-hybridized carbons (Fsp3) is 0.467. The third kappa shape index (κ3) is 4.47. The van der Waals surface area contributed by atoms with Gasteiger partial charge >= 0.3 is 5.97 Å². The smallest absolute Gasteiger partial charge is 0.327 e. The van der Waals surface area contributed by atoms with Gasteiger partial charge in [0.1, 0.15) is 6.04 Å². The monoisotopic (exact) mass is 309 g/mol. The largest absolute Gasteiger partial charge is 0.480 e. The van der Waals surface area contributed by atoms with Crippen LogP contribution in [-0.2, 0) is 20.7 Å². The molecule has 1 heterocycles. The first-order valence-corrected chi connectivity index (χ1v) is 8.00. The zero-order valence-electron chi connectivity index (χ0n) is 11.9. The highest BCUT2D eigenvalue weighted by Gasteiger charge is 2.23. The standard InChI is InChI=1S/C15H19NO4S/c1-10(17)16-13(15(18)19)8-21-9-14-12-5-3-2-4-11(12)6-7-20-14/h2-5,13-14H,6-9H2,1H3,(H,16,17)(H,18,19). The predicted molar refractivity (Wildman–Crippen MR) is 81.4 cm³/mol. The topological polar surface area (TPSA) is 75.6 Å². The quantitative estimate of drug-likeness (QED) is 0.835. The van der Waals surface area contributed by atoms with Crippen LogP contribution in [0.1, 0.15) is 24.2 Å². The van der Waals surface area contributed by atoms with Gasteiger partial charge in [-0.05, 0) is 17.5 Å². The van der Waals surface area contributed by atoms with Crippen LogP contribution in [0.4, 0.5) is 0 Å². The summed E-state index contributed by atoms with van der Waals surface area (Å²) in [6.07, 6.45) is 0.910. The highest BCUT2D eigenvalue weighted by molar-refractivity contribution is 7.99. The summed E-state index contributed by atoms with van der Waals surface area (Å²) in [6.45, 7) is 2.01. The lowest BCUT2D eigenvalue weighted by Gasteiger charge is -2.26. The van der Waals surface area contributed by atoms with E-state index in [4.69, 9.17) is 9.84 Å². The number of amides is 1. The summed E-state index contributed by atoms with van der Waals surface area (Å²) in [5, 5.41) is 11.5. The zero-order chi connectivity index (χ0) is 15.2. The van der Waals surface area contributed by atoms with Crippen molar-refractivity contribution in [2.24, 2.45) is 0 Å². The minimum Gasteiger partial charge on any atom is -0.480 e. The fourth-order valence-corrected chi connectivity index (χ4v) is 3.42. The highest BCUT2D eigenvalue weighted by atomic mass is 32.2. The number of benzene rings is 1. The summed E-state index contributed by atoms with van der Waals surface area (Å²) in [5.74, 6) is -0.331. The number of hydrogen-bond donors (Lipinski definition) is 2. The molecule has 21 heavy (non-hydrogen) atoms. The number of aliphatic carboxylic acids is 1. The Morgan fingerprint density at radius 1 is 1.48 bits per heavy atom. The Labute approximate surface area is 128 Å². The summed E-state index contributed by atoms with van der Waals surface area (Å²) >= 11 is 1.48. The third-order valence-corrected chi connectivity index (χ3v) is 4.43. The van der Waals surface area contributed by atoms with E-state index in [-0.39, 0.29) is 12.0 Å². The van der Waals surface area contributed by atoms with Crippen LogP contribution >= 0.6 is 11.8 Å². The molecule has 0 saturated carbocycles. The lowest BCUT2D eigenvalue weighted by Crippen LogP contribution is -2.41. The van der Waals surface area contributed by atoms with Crippen LogP contribution in [-0.4, -0.2) is 41.1 Å². The van der Waals surface area contributed by atoms with E-state index < -0.39 is 12.0 Å². The molecule has 2 unspecified atom stereocenters. The fourth-order valence-electron chi connectivity index (χ4n) is 2.33. The molecule has 5 nitrogen and oxygen atoms in total. The molecular formula is C15H19NO4S. The van der Waals surface area contributed by atoms with Gasteiger partial charge in [-0.25, -0.2) is 4.79 Å². The number of ether oxygens (including phenoxy) is 1. The van der Waals surface area contributed by atoms with Crippen molar-refractivity contribution >= 4 is 23.6 Å². The second kappa shape index (κ2) is 7.47. The molecule has 0 aliphatic carbocycles. The van der Waals surface area contributed by atoms with E-state index in [1.165, 1.54) is 29.8 Å². The van der Waals surface area contributed by atoms with Crippen molar-refractivity contribution in [2.75, 3.05) is 18.1 Å². The average molecular weight is 309 g/mol. The average Bonchev–Trinajstić information content (AvgIpc) is 2.46. The van der Waals surface area contributed by atoms with Crippen LogP contribution < -0.4 is 5.32 Å². The molecule has 0 radical (unpaired) electrons. The molecule has 1 aliphatic rings. The van der Waals surface area contributed by atoms with Crippen molar-refractivity contribution in [1.29, 1.82) is 0 Å². The van der Waals surface area contributed by atoms with Gasteiger partial charge in [0.05, 0.1) is 12.7 Å². The van der Waals surface area contributed by atoms with E-state index in [0.717, 1.165) is 6.42 Å². The van der Waals surface area contributed by atoms with Gasteiger partial charge in [-0.15, -0.1) is 0 Å². The van der Waals surface area contributed by atoms with Crippen LogP contribution in [0.5, 0.6) is 0 Å². The number of carbonyl (C=O) groups is 2. The minimum absolute atomic E-state index is 0.00766. The highest BCUT2D eigenvalue weighted by Crippen LogP contribution is 2.29. The van der Waals surface area contributed by atoms with Crippen LogP contribution in [0, 0.1) is 0 Å². The van der Waals surface area contributed by atoms with Gasteiger partial charge in [0.2, 0.25) is 5.91 Å². The first-order chi connectivity index (χ1) is 10.1. The van der Waals surface area contributed by atoms with Crippen LogP contribution in [0.25, 0.3) is 0 Å². The molecule has 0 spiro atoms. The van der Waals surface area contributed by atoms with E-state index in [1.807, 2.05) is 12.1 Å². The van der Waals surface area contributed by atoms with Gasteiger partial charge < -0.3 is 15.2 Å². The normalized spacial score (nSPS) is 18.6. The van der Waals surface area contributed by atoms with Crippen molar-refractivity contribution in [3.63, 3.8) is 0 Å². The van der Waals surface area contributed by atoms with E-state index in [2.05, 4.69) is 17.4 Å². The number of hydrogen-bond acceptors (Lipinski definition) is 4. The molecule has 1 amide bonds. The maximum atomic E-state index is 11.1. The van der Waals surface area contributed by atoms with Crippen molar-refractivity contribution in [3.8, 4) is 0 Å². The number of fused-ring (bicyclic) bond motifs is 1. The molecule has 2 rings (SSSR count). The molecule has 2 atom stereocenters. The Balaban J connectivity index is 1.89. The number of thioether (sulfide) groups is 1. The third-order valence-electron chi connectivity index (χ3n) is 3.32. The Bertz CT molecular complexity index is 520. The Kier molecular flexibility index (Phi) is 5.64. The minimum atomic E-state index is -1.01. The molecule has 0 saturated heterocycles. The van der Waals surface area contributed by atoms with E-state index in [9.17, 15) is 9.59 Å². The van der Waals surface area contributed by atoms with Crippen molar-refractivity contribution in [3.05, 3.63) is 35.4 Å². The summed E-state index contributed by atoms with van der Waals surface area (Å²) < 4.78 is 5.77. The van der Waals surface area contributed by atoms with Crippen LogP contribution in [0.3, 0.4) is 0 Å². The van der Waals surface area contributed by atoms with E-state index >= 15 is 0 Å². The van der Waals surface area contributed by atoms with E-state index in [0.29, 0.717) is 18.1 Å². The predicted octanol–water partition coefficient (Wildman–Crippen LogP) is 1.62. The molecule has 0 bridgehead atoms. The molecule has 0 aromatic heterocycles. The molecule has 1 aliphatic heterocycles. The summed E-state index contributed by atoms with van der Waals surface area (Å²) in [6, 6.07) is 7.31. The summed E-state index contributed by atoms with van der Waals surface area (Å²) in [5.41, 5.74) is 2.48. The van der Waals surface area contributed by atoms with Gasteiger partial charge in [0, 0.05) is 18.4 Å². The Morgan fingerprint density at radius 2 is 2.24 bits per heavy atom. The lowest BCUT2D eigenvalue weighted by atomic mass is 9.99. The zero-order valence-corrected chi connectivity index (χ0v) is 12.7. The number of carboxylic acids is 1. The molecule has 6 heteroatoms. The number of rotatable bonds is 6. The number of carbonyl (C=O) groups excluding carboxylic acids is 1. The summed E-state index contributed by atoms with van der Waals surface area (Å²) in [7, 11) is 0. The van der Waals surface area contributed by atoms with Crippen LogP contribution in [0.2, 0.25) is 0 Å². The van der Waals surface area contributed by atoms with Gasteiger partial charge in [0.15, 0.2) is 0 Å².